The monoisotopic (exact) mass is 241 g/mol. The van der Waals surface area contributed by atoms with Gasteiger partial charge in [0.1, 0.15) is 0 Å². The Hall–Kier alpha value is -0.120. The average Bonchev–Trinajstić information content (AvgIpc) is 2.96. The lowest BCUT2D eigenvalue weighted by Crippen LogP contribution is -2.40. The molecule has 0 heterocycles. The summed E-state index contributed by atoms with van der Waals surface area (Å²) in [5.41, 5.74) is 0.384. The summed E-state index contributed by atoms with van der Waals surface area (Å²) in [7, 11) is 6.53. The van der Waals surface area contributed by atoms with E-state index in [0.717, 1.165) is 12.6 Å². The second kappa shape index (κ2) is 6.72. The first kappa shape index (κ1) is 14.9. The van der Waals surface area contributed by atoms with Crippen molar-refractivity contribution in [3.8, 4) is 0 Å². The normalized spacial score (nSPS) is 17.1. The van der Waals surface area contributed by atoms with E-state index in [-0.39, 0.29) is 0 Å². The van der Waals surface area contributed by atoms with Crippen LogP contribution in [0.15, 0.2) is 0 Å². The molecular formula is C14H31N3. The van der Waals surface area contributed by atoms with E-state index in [1.165, 1.54) is 38.9 Å². The maximum atomic E-state index is 3.64. The van der Waals surface area contributed by atoms with Crippen LogP contribution < -0.4 is 5.32 Å². The van der Waals surface area contributed by atoms with E-state index in [4.69, 9.17) is 0 Å². The molecule has 1 rings (SSSR count). The molecule has 3 nitrogen and oxygen atoms in total. The summed E-state index contributed by atoms with van der Waals surface area (Å²) < 4.78 is 0. The third-order valence-electron chi connectivity index (χ3n) is 3.29. The molecule has 0 amide bonds. The van der Waals surface area contributed by atoms with E-state index in [0.29, 0.717) is 5.41 Å². The Morgan fingerprint density at radius 3 is 2.29 bits per heavy atom. The summed E-state index contributed by atoms with van der Waals surface area (Å²) in [5.74, 6) is 0. The molecule has 1 saturated carbocycles. The van der Waals surface area contributed by atoms with Gasteiger partial charge in [-0.3, -0.25) is 0 Å². The van der Waals surface area contributed by atoms with Crippen LogP contribution in [0, 0.1) is 5.41 Å². The molecular weight excluding hydrogens is 210 g/mol. The van der Waals surface area contributed by atoms with Gasteiger partial charge in [0.2, 0.25) is 0 Å². The van der Waals surface area contributed by atoms with Gasteiger partial charge in [-0.1, -0.05) is 13.8 Å². The van der Waals surface area contributed by atoms with E-state index in [2.05, 4.69) is 50.1 Å². The van der Waals surface area contributed by atoms with Gasteiger partial charge >= 0.3 is 0 Å². The predicted molar refractivity (Wildman–Crippen MR) is 75.5 cm³/mol. The highest BCUT2D eigenvalue weighted by Crippen LogP contribution is 2.22. The highest BCUT2D eigenvalue weighted by Gasteiger charge is 2.25. The lowest BCUT2D eigenvalue weighted by atomic mass is 9.92. The fourth-order valence-corrected chi connectivity index (χ4v) is 2.23. The summed E-state index contributed by atoms with van der Waals surface area (Å²) in [5, 5.41) is 3.64. The molecule has 0 bridgehead atoms. The van der Waals surface area contributed by atoms with Crippen LogP contribution in [0.1, 0.15) is 33.1 Å². The maximum Gasteiger partial charge on any atom is 0.00684 e. The first-order valence-electron chi connectivity index (χ1n) is 6.96. The molecule has 1 N–H and O–H groups in total. The second-order valence-corrected chi connectivity index (χ2v) is 6.71. The summed E-state index contributed by atoms with van der Waals surface area (Å²) in [6.07, 6.45) is 4.03. The van der Waals surface area contributed by atoms with Gasteiger partial charge in [0, 0.05) is 19.1 Å². The molecule has 17 heavy (non-hydrogen) atoms. The van der Waals surface area contributed by atoms with Crippen molar-refractivity contribution in [2.45, 2.75) is 39.2 Å². The fourth-order valence-electron chi connectivity index (χ4n) is 2.23. The van der Waals surface area contributed by atoms with Crippen LogP contribution in [-0.4, -0.2) is 63.2 Å². The average molecular weight is 241 g/mol. The van der Waals surface area contributed by atoms with E-state index >= 15 is 0 Å². The van der Waals surface area contributed by atoms with Gasteiger partial charge in [0.15, 0.2) is 0 Å². The van der Waals surface area contributed by atoms with Gasteiger partial charge in [0.25, 0.3) is 0 Å². The van der Waals surface area contributed by atoms with Crippen molar-refractivity contribution in [2.24, 2.45) is 5.41 Å². The van der Waals surface area contributed by atoms with Crippen LogP contribution in [-0.2, 0) is 0 Å². The number of hydrogen-bond acceptors (Lipinski definition) is 3. The highest BCUT2D eigenvalue weighted by atomic mass is 15.1. The third-order valence-corrected chi connectivity index (χ3v) is 3.29. The van der Waals surface area contributed by atoms with E-state index in [1.807, 2.05) is 0 Å². The van der Waals surface area contributed by atoms with Crippen molar-refractivity contribution in [3.63, 3.8) is 0 Å². The van der Waals surface area contributed by atoms with E-state index in [1.54, 1.807) is 0 Å². The molecule has 0 aromatic carbocycles. The first-order chi connectivity index (χ1) is 7.89. The van der Waals surface area contributed by atoms with Gasteiger partial charge in [-0.2, -0.15) is 0 Å². The van der Waals surface area contributed by atoms with Crippen molar-refractivity contribution in [1.29, 1.82) is 0 Å². The standard InChI is InChI=1S/C14H31N3/c1-14(2,11-15-13-7-8-13)12-17(5)10-6-9-16(3)4/h13,15H,6-12H2,1-5H3. The minimum atomic E-state index is 0.384. The van der Waals surface area contributed by atoms with Crippen LogP contribution in [0.2, 0.25) is 0 Å². The minimum absolute atomic E-state index is 0.384. The molecule has 1 aliphatic carbocycles. The van der Waals surface area contributed by atoms with Crippen molar-refractivity contribution in [2.75, 3.05) is 47.3 Å². The van der Waals surface area contributed by atoms with Crippen LogP contribution in [0.3, 0.4) is 0 Å². The Balaban J connectivity index is 2.11. The predicted octanol–water partition coefficient (Wildman–Crippen LogP) is 1.65. The van der Waals surface area contributed by atoms with Gasteiger partial charge in [-0.15, -0.1) is 0 Å². The molecule has 1 aliphatic rings. The number of rotatable bonds is 9. The van der Waals surface area contributed by atoms with Crippen LogP contribution >= 0.6 is 0 Å². The Morgan fingerprint density at radius 2 is 1.76 bits per heavy atom. The maximum absolute atomic E-state index is 3.64. The van der Waals surface area contributed by atoms with E-state index < -0.39 is 0 Å². The van der Waals surface area contributed by atoms with Crippen molar-refractivity contribution in [3.05, 3.63) is 0 Å². The molecule has 102 valence electrons. The lowest BCUT2D eigenvalue weighted by Gasteiger charge is -2.31. The number of nitrogens with one attached hydrogen (secondary N) is 1. The molecule has 0 radical (unpaired) electrons. The molecule has 1 fully saturated rings. The summed E-state index contributed by atoms with van der Waals surface area (Å²) in [6, 6.07) is 0.827. The number of hydrogen-bond donors (Lipinski definition) is 1. The smallest absolute Gasteiger partial charge is 0.00684 e. The zero-order chi connectivity index (χ0) is 12.9. The topological polar surface area (TPSA) is 18.5 Å². The molecule has 3 heteroatoms. The Labute approximate surface area is 108 Å². The van der Waals surface area contributed by atoms with Crippen molar-refractivity contribution in [1.82, 2.24) is 15.1 Å². The van der Waals surface area contributed by atoms with Crippen LogP contribution in [0.4, 0.5) is 0 Å². The summed E-state index contributed by atoms with van der Waals surface area (Å²) in [4.78, 5) is 4.73. The highest BCUT2D eigenvalue weighted by molar-refractivity contribution is 4.85. The zero-order valence-corrected chi connectivity index (χ0v) is 12.4. The lowest BCUT2D eigenvalue weighted by molar-refractivity contribution is 0.197. The SMILES string of the molecule is CN(C)CCCN(C)CC(C)(C)CNC1CC1. The zero-order valence-electron chi connectivity index (χ0n) is 12.4. The largest absolute Gasteiger partial charge is 0.313 e. The number of nitrogens with zero attached hydrogens (tertiary/aromatic N) is 2. The first-order valence-corrected chi connectivity index (χ1v) is 6.96. The summed E-state index contributed by atoms with van der Waals surface area (Å²) in [6.45, 7) is 9.45. The second-order valence-electron chi connectivity index (χ2n) is 6.71. The molecule has 0 unspecified atom stereocenters. The molecule has 0 aliphatic heterocycles. The Kier molecular flexibility index (Phi) is 5.90. The molecule has 0 atom stereocenters. The Bertz CT molecular complexity index is 210. The Morgan fingerprint density at radius 1 is 1.12 bits per heavy atom. The fraction of sp³-hybridized carbons (Fsp3) is 1.00. The third kappa shape index (κ3) is 7.74. The van der Waals surface area contributed by atoms with Crippen molar-refractivity contribution < 1.29 is 0 Å². The van der Waals surface area contributed by atoms with Gasteiger partial charge in [-0.25, -0.2) is 0 Å². The van der Waals surface area contributed by atoms with Gasteiger partial charge < -0.3 is 15.1 Å². The van der Waals surface area contributed by atoms with Gasteiger partial charge in [0.05, 0.1) is 0 Å². The molecule has 0 aromatic rings. The van der Waals surface area contributed by atoms with E-state index in [9.17, 15) is 0 Å². The van der Waals surface area contributed by atoms with Gasteiger partial charge in [-0.05, 0) is 58.9 Å². The van der Waals surface area contributed by atoms with Crippen LogP contribution in [0.25, 0.3) is 0 Å². The molecule has 0 spiro atoms. The van der Waals surface area contributed by atoms with Crippen LogP contribution in [0.5, 0.6) is 0 Å². The summed E-state index contributed by atoms with van der Waals surface area (Å²) >= 11 is 0. The molecule has 0 aromatic heterocycles. The molecule has 0 saturated heterocycles. The quantitative estimate of drug-likeness (QED) is 0.662. The van der Waals surface area contributed by atoms with Crippen molar-refractivity contribution >= 4 is 0 Å². The minimum Gasteiger partial charge on any atom is -0.313 e.